The van der Waals surface area contributed by atoms with Crippen LogP contribution in [0.5, 0.6) is 0 Å². The van der Waals surface area contributed by atoms with E-state index in [0.29, 0.717) is 11.8 Å². The standard InChI is InChI=1S/C21H28N2O/c1-13-4-6-19-17(9-13)18-10-16(5-7-20(18)22-19)21(24)23-11-14(2)8-15(3)12-23/h5,7,10,13-15,22H,4,6,8-9,11-12H2,1-3H3. The van der Waals surface area contributed by atoms with Gasteiger partial charge in [-0.05, 0) is 67.2 Å². The van der Waals surface area contributed by atoms with Gasteiger partial charge < -0.3 is 9.88 Å². The molecule has 24 heavy (non-hydrogen) atoms. The first-order valence-electron chi connectivity index (χ1n) is 9.44. The molecule has 1 aliphatic heterocycles. The Morgan fingerprint density at radius 3 is 2.62 bits per heavy atom. The summed E-state index contributed by atoms with van der Waals surface area (Å²) in [6.07, 6.45) is 4.75. The van der Waals surface area contributed by atoms with Crippen molar-refractivity contribution in [3.8, 4) is 0 Å². The predicted molar refractivity (Wildman–Crippen MR) is 98.3 cm³/mol. The van der Waals surface area contributed by atoms with Crippen molar-refractivity contribution in [3.05, 3.63) is 35.0 Å². The van der Waals surface area contributed by atoms with E-state index in [9.17, 15) is 4.79 Å². The lowest BCUT2D eigenvalue weighted by Crippen LogP contribution is -2.42. The first kappa shape index (κ1) is 15.7. The van der Waals surface area contributed by atoms with Gasteiger partial charge in [0.05, 0.1) is 0 Å². The number of hydrogen-bond acceptors (Lipinski definition) is 1. The van der Waals surface area contributed by atoms with Crippen molar-refractivity contribution in [1.29, 1.82) is 0 Å². The molecule has 3 heteroatoms. The molecule has 1 aromatic carbocycles. The fraction of sp³-hybridized carbons (Fsp3) is 0.571. The number of aryl methyl sites for hydroxylation is 1. The van der Waals surface area contributed by atoms with E-state index < -0.39 is 0 Å². The summed E-state index contributed by atoms with van der Waals surface area (Å²) in [4.78, 5) is 18.6. The number of rotatable bonds is 1. The summed E-state index contributed by atoms with van der Waals surface area (Å²) in [7, 11) is 0. The van der Waals surface area contributed by atoms with Gasteiger partial charge >= 0.3 is 0 Å². The van der Waals surface area contributed by atoms with Crippen LogP contribution in [0.2, 0.25) is 0 Å². The van der Waals surface area contributed by atoms with E-state index in [4.69, 9.17) is 0 Å². The summed E-state index contributed by atoms with van der Waals surface area (Å²) in [5.41, 5.74) is 4.86. The van der Waals surface area contributed by atoms with Crippen molar-refractivity contribution in [2.45, 2.75) is 46.5 Å². The van der Waals surface area contributed by atoms with Gasteiger partial charge in [0.25, 0.3) is 5.91 Å². The van der Waals surface area contributed by atoms with Crippen LogP contribution in [-0.2, 0) is 12.8 Å². The second-order valence-electron chi connectivity index (χ2n) is 8.35. The van der Waals surface area contributed by atoms with Gasteiger partial charge in [0, 0.05) is 35.2 Å². The van der Waals surface area contributed by atoms with Gasteiger partial charge in [0.2, 0.25) is 0 Å². The zero-order valence-corrected chi connectivity index (χ0v) is 15.1. The van der Waals surface area contributed by atoms with Gasteiger partial charge in [-0.25, -0.2) is 0 Å². The van der Waals surface area contributed by atoms with Crippen molar-refractivity contribution >= 4 is 16.8 Å². The Morgan fingerprint density at radius 1 is 1.12 bits per heavy atom. The Labute approximate surface area is 144 Å². The number of amides is 1. The zero-order valence-electron chi connectivity index (χ0n) is 15.1. The summed E-state index contributed by atoms with van der Waals surface area (Å²) in [5, 5.41) is 1.26. The maximum Gasteiger partial charge on any atom is 0.253 e. The van der Waals surface area contributed by atoms with Crippen molar-refractivity contribution in [3.63, 3.8) is 0 Å². The molecule has 0 bridgehead atoms. The number of aromatic nitrogens is 1. The largest absolute Gasteiger partial charge is 0.358 e. The molecule has 3 atom stereocenters. The molecule has 128 valence electrons. The van der Waals surface area contributed by atoms with Crippen molar-refractivity contribution in [2.24, 2.45) is 17.8 Å². The number of nitrogens with zero attached hydrogens (tertiary/aromatic N) is 1. The number of piperidine rings is 1. The highest BCUT2D eigenvalue weighted by Crippen LogP contribution is 2.32. The monoisotopic (exact) mass is 324 g/mol. The average Bonchev–Trinajstić information content (AvgIpc) is 2.90. The lowest BCUT2D eigenvalue weighted by molar-refractivity contribution is 0.0623. The van der Waals surface area contributed by atoms with E-state index in [1.165, 1.54) is 35.0 Å². The van der Waals surface area contributed by atoms with E-state index in [-0.39, 0.29) is 5.91 Å². The van der Waals surface area contributed by atoms with Gasteiger partial charge in [0.15, 0.2) is 0 Å². The van der Waals surface area contributed by atoms with E-state index >= 15 is 0 Å². The molecule has 1 aliphatic carbocycles. The molecule has 1 amide bonds. The van der Waals surface area contributed by atoms with Crippen LogP contribution >= 0.6 is 0 Å². The Morgan fingerprint density at radius 2 is 1.88 bits per heavy atom. The lowest BCUT2D eigenvalue weighted by Gasteiger charge is -2.35. The fourth-order valence-corrected chi connectivity index (χ4v) is 4.74. The highest BCUT2D eigenvalue weighted by Gasteiger charge is 2.27. The number of H-pyrrole nitrogens is 1. The maximum absolute atomic E-state index is 13.0. The molecule has 4 rings (SSSR count). The second kappa shape index (κ2) is 5.94. The van der Waals surface area contributed by atoms with E-state index in [1.54, 1.807) is 0 Å². The number of benzene rings is 1. The third-order valence-corrected chi connectivity index (χ3v) is 5.84. The van der Waals surface area contributed by atoms with Crippen LogP contribution in [0.1, 0.15) is 55.2 Å². The number of carbonyl (C=O) groups excluding carboxylic acids is 1. The smallest absolute Gasteiger partial charge is 0.253 e. The molecule has 0 spiro atoms. The van der Waals surface area contributed by atoms with Crippen LogP contribution < -0.4 is 0 Å². The molecule has 1 N–H and O–H groups in total. The van der Waals surface area contributed by atoms with E-state index in [1.807, 2.05) is 6.07 Å². The minimum atomic E-state index is 0.203. The Bertz CT molecular complexity index is 765. The molecule has 2 heterocycles. The third-order valence-electron chi connectivity index (χ3n) is 5.84. The maximum atomic E-state index is 13.0. The fourth-order valence-electron chi connectivity index (χ4n) is 4.74. The van der Waals surface area contributed by atoms with Gasteiger partial charge in [-0.15, -0.1) is 0 Å². The first-order valence-corrected chi connectivity index (χ1v) is 9.44. The van der Waals surface area contributed by atoms with Crippen LogP contribution in [0, 0.1) is 17.8 Å². The quantitative estimate of drug-likeness (QED) is 0.828. The molecule has 2 aliphatic rings. The summed E-state index contributed by atoms with van der Waals surface area (Å²) in [6.45, 7) is 8.62. The topological polar surface area (TPSA) is 36.1 Å². The average molecular weight is 324 g/mol. The third kappa shape index (κ3) is 2.74. The number of likely N-dealkylation sites (tertiary alicyclic amines) is 1. The highest BCUT2D eigenvalue weighted by molar-refractivity contribution is 5.99. The molecule has 1 saturated heterocycles. The number of fused-ring (bicyclic) bond motifs is 3. The van der Waals surface area contributed by atoms with Gasteiger partial charge in [0.1, 0.15) is 0 Å². The van der Waals surface area contributed by atoms with E-state index in [2.05, 4.69) is 42.8 Å². The summed E-state index contributed by atoms with van der Waals surface area (Å²) in [6, 6.07) is 6.23. The number of hydrogen-bond donors (Lipinski definition) is 1. The van der Waals surface area contributed by atoms with Crippen LogP contribution in [0.3, 0.4) is 0 Å². The number of carbonyl (C=O) groups is 1. The van der Waals surface area contributed by atoms with Gasteiger partial charge in [-0.2, -0.15) is 0 Å². The Balaban J connectivity index is 1.67. The summed E-state index contributed by atoms with van der Waals surface area (Å²) in [5.74, 6) is 2.14. The van der Waals surface area contributed by atoms with Crippen LogP contribution in [0.15, 0.2) is 18.2 Å². The molecule has 0 saturated carbocycles. The minimum Gasteiger partial charge on any atom is -0.358 e. The highest BCUT2D eigenvalue weighted by atomic mass is 16.2. The minimum absolute atomic E-state index is 0.203. The predicted octanol–water partition coefficient (Wildman–Crippen LogP) is 4.41. The van der Waals surface area contributed by atoms with Crippen LogP contribution in [-0.4, -0.2) is 28.9 Å². The molecule has 0 radical (unpaired) electrons. The van der Waals surface area contributed by atoms with Crippen molar-refractivity contribution in [1.82, 2.24) is 9.88 Å². The lowest BCUT2D eigenvalue weighted by atomic mass is 9.87. The molecule has 1 fully saturated rings. The SMILES string of the molecule is CC1CCc2[nH]c3ccc(C(=O)N4CC(C)CC(C)C4)cc3c2C1. The van der Waals surface area contributed by atoms with Crippen molar-refractivity contribution < 1.29 is 4.79 Å². The molecule has 3 nitrogen and oxygen atoms in total. The normalized spacial score (nSPS) is 27.3. The van der Waals surface area contributed by atoms with E-state index in [0.717, 1.165) is 37.4 Å². The second-order valence-corrected chi connectivity index (χ2v) is 8.35. The van der Waals surface area contributed by atoms with Crippen LogP contribution in [0.4, 0.5) is 0 Å². The molecule has 2 aromatic rings. The van der Waals surface area contributed by atoms with Crippen molar-refractivity contribution in [2.75, 3.05) is 13.1 Å². The zero-order chi connectivity index (χ0) is 16.8. The van der Waals surface area contributed by atoms with Gasteiger partial charge in [-0.3, -0.25) is 4.79 Å². The first-order chi connectivity index (χ1) is 11.5. The Kier molecular flexibility index (Phi) is 3.90. The summed E-state index contributed by atoms with van der Waals surface area (Å²) < 4.78 is 0. The Hall–Kier alpha value is -1.77. The molecular weight excluding hydrogens is 296 g/mol. The molecule has 3 unspecified atom stereocenters. The number of nitrogens with one attached hydrogen (secondary N) is 1. The summed E-state index contributed by atoms with van der Waals surface area (Å²) >= 11 is 0. The molecule has 1 aromatic heterocycles. The van der Waals surface area contributed by atoms with Crippen LogP contribution in [0.25, 0.3) is 10.9 Å². The van der Waals surface area contributed by atoms with Gasteiger partial charge in [-0.1, -0.05) is 20.8 Å². The number of aromatic amines is 1. The molecular formula is C21H28N2O.